The Morgan fingerprint density at radius 1 is 1.31 bits per heavy atom. The molecule has 0 amide bonds. The molecule has 0 saturated carbocycles. The molecule has 0 bridgehead atoms. The molecule has 84 valence electrons. The van der Waals surface area contributed by atoms with Crippen molar-refractivity contribution >= 4 is 35.6 Å². The highest BCUT2D eigenvalue weighted by Gasteiger charge is 2.00. The summed E-state index contributed by atoms with van der Waals surface area (Å²) in [4.78, 5) is 0.321. The van der Waals surface area contributed by atoms with Crippen molar-refractivity contribution < 1.29 is 4.42 Å². The van der Waals surface area contributed by atoms with Gasteiger partial charge in [-0.3, -0.25) is 0 Å². The zero-order valence-corrected chi connectivity index (χ0v) is 10.7. The number of aromatic amines is 1. The van der Waals surface area contributed by atoms with E-state index in [9.17, 15) is 0 Å². The number of rotatable bonds is 4. The molecule has 16 heavy (non-hydrogen) atoms. The second kappa shape index (κ2) is 5.52. The van der Waals surface area contributed by atoms with Gasteiger partial charge in [-0.15, -0.1) is 16.9 Å². The summed E-state index contributed by atoms with van der Waals surface area (Å²) in [5, 5.41) is 7.27. The molecule has 0 radical (unpaired) electrons. The highest BCUT2D eigenvalue weighted by molar-refractivity contribution is 7.97. The molecule has 2 rings (SSSR count). The lowest BCUT2D eigenvalue weighted by Crippen LogP contribution is -1.83. The first-order valence-electron chi connectivity index (χ1n) is 4.60. The molecule has 1 heterocycles. The number of nitrogens with zero attached hydrogens (tertiary/aromatic N) is 1. The minimum absolute atomic E-state index is 0.321. The topological polar surface area (TPSA) is 41.8 Å². The summed E-state index contributed by atoms with van der Waals surface area (Å²) in [5.41, 5.74) is 1.23. The summed E-state index contributed by atoms with van der Waals surface area (Å²) in [7, 11) is 0. The van der Waals surface area contributed by atoms with Crippen molar-refractivity contribution in [1.29, 1.82) is 0 Å². The monoisotopic (exact) mass is 272 g/mol. The van der Waals surface area contributed by atoms with Gasteiger partial charge in [0, 0.05) is 10.8 Å². The molecule has 1 N–H and O–H groups in total. The van der Waals surface area contributed by atoms with Gasteiger partial charge in [0.25, 0.3) is 4.84 Å². The Bertz CT molecular complexity index is 506. The Balaban J connectivity index is 1.84. The van der Waals surface area contributed by atoms with E-state index in [1.165, 1.54) is 5.56 Å². The highest BCUT2D eigenvalue weighted by Crippen LogP contribution is 2.18. The third-order valence-electron chi connectivity index (χ3n) is 1.89. The normalized spacial score (nSPS) is 10.6. The predicted octanol–water partition coefficient (Wildman–Crippen LogP) is 3.82. The zero-order chi connectivity index (χ0) is 11.4. The van der Waals surface area contributed by atoms with Crippen LogP contribution < -0.4 is 0 Å². The van der Waals surface area contributed by atoms with Crippen LogP contribution in [0.1, 0.15) is 11.5 Å². The van der Waals surface area contributed by atoms with E-state index in [1.807, 2.05) is 24.3 Å². The van der Waals surface area contributed by atoms with E-state index in [2.05, 4.69) is 10.2 Å². The molecule has 3 nitrogen and oxygen atoms in total. The molecule has 2 aromatic rings. The standard InChI is InChI=1S/C10H9ClN2OS2/c11-8-3-1-7(2-4-8)5-16-6-9-12-13-10(15)14-9/h1-4H,5-6H2,(H,13,15). The Morgan fingerprint density at radius 3 is 2.69 bits per heavy atom. The maximum atomic E-state index is 5.80. The van der Waals surface area contributed by atoms with Crippen molar-refractivity contribution in [3.05, 3.63) is 45.6 Å². The van der Waals surface area contributed by atoms with Crippen LogP contribution in [0.3, 0.4) is 0 Å². The fourth-order valence-corrected chi connectivity index (χ4v) is 2.26. The largest absolute Gasteiger partial charge is 0.413 e. The van der Waals surface area contributed by atoms with Crippen LogP contribution in [-0.2, 0) is 11.5 Å². The summed E-state index contributed by atoms with van der Waals surface area (Å²) in [5.74, 6) is 2.23. The number of benzene rings is 1. The number of aromatic nitrogens is 2. The molecule has 6 heteroatoms. The molecule has 0 spiro atoms. The number of halogens is 1. The summed E-state index contributed by atoms with van der Waals surface area (Å²) in [6.45, 7) is 0. The number of hydrogen-bond donors (Lipinski definition) is 1. The maximum Gasteiger partial charge on any atom is 0.284 e. The maximum absolute atomic E-state index is 5.80. The molecule has 0 unspecified atom stereocenters. The van der Waals surface area contributed by atoms with Gasteiger partial charge in [0.15, 0.2) is 0 Å². The van der Waals surface area contributed by atoms with Crippen LogP contribution in [-0.4, -0.2) is 10.2 Å². The first kappa shape index (κ1) is 11.7. The van der Waals surface area contributed by atoms with Gasteiger partial charge in [-0.25, -0.2) is 5.10 Å². The van der Waals surface area contributed by atoms with Crippen LogP contribution in [0.2, 0.25) is 5.02 Å². The molecule has 0 saturated heterocycles. The summed E-state index contributed by atoms with van der Waals surface area (Å²) < 4.78 is 5.15. The first-order chi connectivity index (χ1) is 7.74. The molecule has 1 aromatic heterocycles. The van der Waals surface area contributed by atoms with E-state index in [0.717, 1.165) is 10.8 Å². The zero-order valence-electron chi connectivity index (χ0n) is 8.27. The van der Waals surface area contributed by atoms with Crippen molar-refractivity contribution in [2.24, 2.45) is 0 Å². The van der Waals surface area contributed by atoms with Gasteiger partial charge in [0.2, 0.25) is 5.89 Å². The van der Waals surface area contributed by atoms with Gasteiger partial charge in [0.1, 0.15) is 0 Å². The van der Waals surface area contributed by atoms with Crippen LogP contribution in [0.25, 0.3) is 0 Å². The quantitative estimate of drug-likeness (QED) is 0.859. The third kappa shape index (κ3) is 3.37. The average molecular weight is 273 g/mol. The lowest BCUT2D eigenvalue weighted by Gasteiger charge is -1.99. The van der Waals surface area contributed by atoms with Crippen LogP contribution in [0.5, 0.6) is 0 Å². The van der Waals surface area contributed by atoms with Crippen molar-refractivity contribution in [3.63, 3.8) is 0 Å². The van der Waals surface area contributed by atoms with Crippen LogP contribution in [0, 0.1) is 4.84 Å². The fourth-order valence-electron chi connectivity index (χ4n) is 1.16. The number of H-pyrrole nitrogens is 1. The Kier molecular flexibility index (Phi) is 4.04. The predicted molar refractivity (Wildman–Crippen MR) is 68.1 cm³/mol. The van der Waals surface area contributed by atoms with Crippen LogP contribution in [0.15, 0.2) is 28.7 Å². The van der Waals surface area contributed by atoms with Crippen LogP contribution >= 0.6 is 35.6 Å². The second-order valence-electron chi connectivity index (χ2n) is 3.13. The third-order valence-corrected chi connectivity index (χ3v) is 3.31. The SMILES string of the molecule is S=c1[nH]nc(CSCc2ccc(Cl)cc2)o1. The number of thioether (sulfide) groups is 1. The van der Waals surface area contributed by atoms with E-state index < -0.39 is 0 Å². The Morgan fingerprint density at radius 2 is 2.06 bits per heavy atom. The van der Waals surface area contributed by atoms with E-state index >= 15 is 0 Å². The van der Waals surface area contributed by atoms with Gasteiger partial charge >= 0.3 is 0 Å². The number of nitrogens with one attached hydrogen (secondary N) is 1. The lowest BCUT2D eigenvalue weighted by atomic mass is 10.2. The minimum atomic E-state index is 0.321. The minimum Gasteiger partial charge on any atom is -0.413 e. The summed E-state index contributed by atoms with van der Waals surface area (Å²) in [6.07, 6.45) is 0. The number of hydrogen-bond acceptors (Lipinski definition) is 4. The highest BCUT2D eigenvalue weighted by atomic mass is 35.5. The smallest absolute Gasteiger partial charge is 0.284 e. The fraction of sp³-hybridized carbons (Fsp3) is 0.200. The summed E-state index contributed by atoms with van der Waals surface area (Å²) in [6, 6.07) is 7.79. The molecule has 0 atom stereocenters. The molecule has 1 aromatic carbocycles. The molecule has 0 aliphatic rings. The summed E-state index contributed by atoms with van der Waals surface area (Å²) >= 11 is 12.3. The van der Waals surface area contributed by atoms with Crippen molar-refractivity contribution in [3.8, 4) is 0 Å². The average Bonchev–Trinajstić information content (AvgIpc) is 2.67. The first-order valence-corrected chi connectivity index (χ1v) is 6.55. The molecule has 0 fully saturated rings. The van der Waals surface area contributed by atoms with E-state index in [4.69, 9.17) is 28.2 Å². The van der Waals surface area contributed by atoms with Crippen molar-refractivity contribution in [2.75, 3.05) is 0 Å². The van der Waals surface area contributed by atoms with E-state index in [1.54, 1.807) is 11.8 Å². The van der Waals surface area contributed by atoms with Crippen LogP contribution in [0.4, 0.5) is 0 Å². The molecular formula is C10H9ClN2OS2. The Labute approximate surface area is 107 Å². The van der Waals surface area contributed by atoms with Gasteiger partial charge in [-0.1, -0.05) is 23.7 Å². The van der Waals surface area contributed by atoms with Crippen molar-refractivity contribution in [1.82, 2.24) is 10.2 Å². The second-order valence-corrected chi connectivity index (χ2v) is 4.92. The van der Waals surface area contributed by atoms with Gasteiger partial charge < -0.3 is 4.42 Å². The molecule has 0 aliphatic heterocycles. The Hall–Kier alpha value is -0.780. The van der Waals surface area contributed by atoms with E-state index in [0.29, 0.717) is 16.5 Å². The van der Waals surface area contributed by atoms with Gasteiger partial charge in [-0.2, -0.15) is 0 Å². The van der Waals surface area contributed by atoms with E-state index in [-0.39, 0.29) is 0 Å². The van der Waals surface area contributed by atoms with Crippen molar-refractivity contribution in [2.45, 2.75) is 11.5 Å². The van der Waals surface area contributed by atoms with Gasteiger partial charge in [-0.05, 0) is 29.9 Å². The van der Waals surface area contributed by atoms with Gasteiger partial charge in [0.05, 0.1) is 5.75 Å². The molecular weight excluding hydrogens is 264 g/mol. The lowest BCUT2D eigenvalue weighted by molar-refractivity contribution is 0.500. The molecule has 0 aliphatic carbocycles.